The van der Waals surface area contributed by atoms with Crippen LogP contribution in [0.15, 0.2) is 22.3 Å². The second-order valence-corrected chi connectivity index (χ2v) is 6.73. The molecule has 1 saturated carbocycles. The molecule has 1 aliphatic rings. The lowest BCUT2D eigenvalue weighted by Crippen LogP contribution is -2.40. The lowest BCUT2D eigenvalue weighted by atomic mass is 10.1. The molecule has 1 fully saturated rings. The van der Waals surface area contributed by atoms with Gasteiger partial charge in [0.25, 0.3) is 5.91 Å². The molecule has 2 amide bonds. The first-order chi connectivity index (χ1) is 11.4. The summed E-state index contributed by atoms with van der Waals surface area (Å²) in [5.74, 6) is 0.988. The van der Waals surface area contributed by atoms with Crippen LogP contribution in [0.4, 0.5) is 0 Å². The van der Waals surface area contributed by atoms with Crippen LogP contribution in [0, 0.1) is 5.92 Å². The summed E-state index contributed by atoms with van der Waals surface area (Å²) in [6.45, 7) is 7.44. The zero-order valence-corrected chi connectivity index (χ0v) is 14.9. The van der Waals surface area contributed by atoms with E-state index in [1.54, 1.807) is 13.0 Å². The van der Waals surface area contributed by atoms with Crippen LogP contribution in [0.2, 0.25) is 0 Å². The highest BCUT2D eigenvalue weighted by Crippen LogP contribution is 2.32. The van der Waals surface area contributed by atoms with E-state index in [1.807, 2.05) is 20.8 Å². The lowest BCUT2D eigenvalue weighted by Gasteiger charge is -2.19. The van der Waals surface area contributed by atoms with E-state index in [1.165, 1.54) is 19.1 Å². The summed E-state index contributed by atoms with van der Waals surface area (Å²) in [5, 5.41) is 5.81. The van der Waals surface area contributed by atoms with Crippen LogP contribution < -0.4 is 10.6 Å². The molecule has 1 aromatic rings. The monoisotopic (exact) mass is 333 g/mol. The van der Waals surface area contributed by atoms with Crippen LogP contribution in [0.25, 0.3) is 0 Å². The number of rotatable bonds is 8. The summed E-state index contributed by atoms with van der Waals surface area (Å²) >= 11 is 0. The van der Waals surface area contributed by atoms with E-state index in [4.69, 9.17) is 4.42 Å². The Kier molecular flexibility index (Phi) is 6.17. The molecule has 0 saturated heterocycles. The maximum Gasteiger partial charge on any atom is 0.273 e. The number of aromatic nitrogens is 1. The van der Waals surface area contributed by atoms with E-state index in [-0.39, 0.29) is 23.9 Å². The number of carbonyl (C=O) groups excluding carboxylic acids is 2. The van der Waals surface area contributed by atoms with Gasteiger partial charge in [0, 0.05) is 24.1 Å². The Morgan fingerprint density at radius 1 is 1.33 bits per heavy atom. The highest BCUT2D eigenvalue weighted by atomic mass is 16.3. The molecule has 2 rings (SSSR count). The van der Waals surface area contributed by atoms with Gasteiger partial charge < -0.3 is 15.1 Å². The fourth-order valence-electron chi connectivity index (χ4n) is 2.49. The van der Waals surface area contributed by atoms with E-state index >= 15 is 0 Å². The predicted octanol–water partition coefficient (Wildman–Crippen LogP) is 2.61. The largest absolute Gasteiger partial charge is 0.448 e. The van der Waals surface area contributed by atoms with Crippen LogP contribution in [0.5, 0.6) is 0 Å². The van der Waals surface area contributed by atoms with Gasteiger partial charge in [-0.3, -0.25) is 9.59 Å². The topological polar surface area (TPSA) is 84.2 Å². The Balaban J connectivity index is 1.78. The summed E-state index contributed by atoms with van der Waals surface area (Å²) in [4.78, 5) is 28.3. The minimum Gasteiger partial charge on any atom is -0.448 e. The maximum absolute atomic E-state index is 12.2. The quantitative estimate of drug-likeness (QED) is 0.716. The smallest absolute Gasteiger partial charge is 0.273 e. The van der Waals surface area contributed by atoms with Crippen molar-refractivity contribution in [2.24, 2.45) is 5.92 Å². The van der Waals surface area contributed by atoms with Gasteiger partial charge in [0.05, 0.1) is 0 Å². The molecule has 6 nitrogen and oxygen atoms in total. The number of nitrogens with zero attached hydrogens (tertiary/aromatic N) is 1. The molecule has 1 heterocycles. The minimum absolute atomic E-state index is 0.0366. The number of nitrogens with one attached hydrogen (secondary N) is 2. The number of carbonyl (C=O) groups is 2. The fourth-order valence-corrected chi connectivity index (χ4v) is 2.49. The number of hydrogen-bond acceptors (Lipinski definition) is 4. The van der Waals surface area contributed by atoms with Gasteiger partial charge >= 0.3 is 0 Å². The van der Waals surface area contributed by atoms with Crippen LogP contribution in [-0.2, 0) is 11.2 Å². The molecule has 0 radical (unpaired) electrons. The van der Waals surface area contributed by atoms with Crippen molar-refractivity contribution in [3.8, 4) is 0 Å². The maximum atomic E-state index is 12.2. The summed E-state index contributed by atoms with van der Waals surface area (Å²) < 4.78 is 5.36. The summed E-state index contributed by atoms with van der Waals surface area (Å²) in [6.07, 6.45) is 7.09. The molecule has 2 N–H and O–H groups in total. The zero-order chi connectivity index (χ0) is 17.7. The molecule has 6 heteroatoms. The third kappa shape index (κ3) is 5.51. The highest BCUT2D eigenvalue weighted by molar-refractivity contribution is 5.93. The molecule has 24 heavy (non-hydrogen) atoms. The van der Waals surface area contributed by atoms with Crippen molar-refractivity contribution in [2.75, 3.05) is 0 Å². The van der Waals surface area contributed by atoms with Crippen molar-refractivity contribution in [1.82, 2.24) is 15.6 Å². The molecule has 132 valence electrons. The molecule has 1 aromatic heterocycles. The van der Waals surface area contributed by atoms with Crippen molar-refractivity contribution in [3.63, 3.8) is 0 Å². The average Bonchev–Trinajstić information content (AvgIpc) is 3.20. The van der Waals surface area contributed by atoms with Gasteiger partial charge in [-0.2, -0.15) is 0 Å². The predicted molar refractivity (Wildman–Crippen MR) is 91.5 cm³/mol. The van der Waals surface area contributed by atoms with E-state index in [0.717, 1.165) is 6.42 Å². The number of allylic oxidation sites excluding steroid dienone is 1. The van der Waals surface area contributed by atoms with E-state index in [9.17, 15) is 9.59 Å². The Hall–Kier alpha value is -2.11. The first-order valence-electron chi connectivity index (χ1n) is 8.58. The number of oxazole rings is 1. The molecule has 2 atom stereocenters. The third-order valence-electron chi connectivity index (χ3n) is 4.20. The number of amides is 2. The second kappa shape index (κ2) is 8.13. The van der Waals surface area contributed by atoms with E-state index in [0.29, 0.717) is 29.5 Å². The van der Waals surface area contributed by atoms with Crippen LogP contribution in [-0.4, -0.2) is 28.9 Å². The Morgan fingerprint density at radius 2 is 2.00 bits per heavy atom. The van der Waals surface area contributed by atoms with Gasteiger partial charge in [0.2, 0.25) is 5.91 Å². The van der Waals surface area contributed by atoms with E-state index < -0.39 is 0 Å². The molecule has 2 unspecified atom stereocenters. The number of hydrogen-bond donors (Lipinski definition) is 2. The lowest BCUT2D eigenvalue weighted by molar-refractivity contribution is -0.118. The molecule has 0 spiro atoms. The van der Waals surface area contributed by atoms with Gasteiger partial charge in [-0.1, -0.05) is 6.08 Å². The highest BCUT2D eigenvalue weighted by Gasteiger charge is 2.25. The summed E-state index contributed by atoms with van der Waals surface area (Å²) in [7, 11) is 0. The SMILES string of the molecule is C/C=C(\C)C(=O)NC(C)CC(C)NC(=O)c1coc(CC2CC2)n1. The average molecular weight is 333 g/mol. The van der Waals surface area contributed by atoms with Gasteiger partial charge in [0.1, 0.15) is 6.26 Å². The van der Waals surface area contributed by atoms with Gasteiger partial charge in [-0.25, -0.2) is 4.98 Å². The Bertz CT molecular complexity index is 617. The van der Waals surface area contributed by atoms with Crippen LogP contribution in [0.1, 0.15) is 63.3 Å². The van der Waals surface area contributed by atoms with Gasteiger partial charge in [0.15, 0.2) is 11.6 Å². The van der Waals surface area contributed by atoms with Crippen molar-refractivity contribution in [3.05, 3.63) is 29.5 Å². The first kappa shape index (κ1) is 18.2. The summed E-state index contributed by atoms with van der Waals surface area (Å²) in [5.41, 5.74) is 1.00. The zero-order valence-electron chi connectivity index (χ0n) is 14.9. The minimum atomic E-state index is -0.239. The third-order valence-corrected chi connectivity index (χ3v) is 4.20. The summed E-state index contributed by atoms with van der Waals surface area (Å²) in [6, 6.07) is -0.118. The van der Waals surface area contributed by atoms with Crippen LogP contribution in [0.3, 0.4) is 0 Å². The first-order valence-corrected chi connectivity index (χ1v) is 8.58. The Morgan fingerprint density at radius 3 is 2.62 bits per heavy atom. The van der Waals surface area contributed by atoms with Crippen molar-refractivity contribution in [1.29, 1.82) is 0 Å². The van der Waals surface area contributed by atoms with Crippen molar-refractivity contribution < 1.29 is 14.0 Å². The van der Waals surface area contributed by atoms with E-state index in [2.05, 4.69) is 15.6 Å². The van der Waals surface area contributed by atoms with Gasteiger partial charge in [-0.05, 0) is 52.9 Å². The molecule has 1 aliphatic carbocycles. The second-order valence-electron chi connectivity index (χ2n) is 6.73. The van der Waals surface area contributed by atoms with Crippen molar-refractivity contribution in [2.45, 2.75) is 65.5 Å². The van der Waals surface area contributed by atoms with Crippen LogP contribution >= 0.6 is 0 Å². The standard InChI is InChI=1S/C18H27N3O3/c1-5-11(2)17(22)19-12(3)8-13(4)20-18(23)15-10-24-16(21-15)9-14-6-7-14/h5,10,12-14H,6-9H2,1-4H3,(H,19,22)(H,20,23)/b11-5+. The molecule has 0 aromatic carbocycles. The molecular weight excluding hydrogens is 306 g/mol. The van der Waals surface area contributed by atoms with Gasteiger partial charge in [-0.15, -0.1) is 0 Å². The fraction of sp³-hybridized carbons (Fsp3) is 0.611. The Labute approximate surface area is 143 Å². The normalized spacial score (nSPS) is 17.2. The molecular formula is C18H27N3O3. The molecule has 0 aliphatic heterocycles. The molecule has 0 bridgehead atoms. The van der Waals surface area contributed by atoms with Crippen molar-refractivity contribution >= 4 is 11.8 Å².